The summed E-state index contributed by atoms with van der Waals surface area (Å²) >= 11 is 0. The molecule has 2 rings (SSSR count). The molecule has 0 atom stereocenters. The van der Waals surface area contributed by atoms with Gasteiger partial charge in [-0.2, -0.15) is 5.10 Å². The van der Waals surface area contributed by atoms with Crippen molar-refractivity contribution < 1.29 is 4.39 Å². The molecule has 0 amide bonds. The highest BCUT2D eigenvalue weighted by molar-refractivity contribution is 5.34. The SMILES string of the molecule is Cc1ccc(NCc2ccccc2F)nn1. The van der Waals surface area contributed by atoms with Gasteiger partial charge in [0, 0.05) is 12.1 Å². The lowest BCUT2D eigenvalue weighted by Crippen LogP contribution is -2.04. The maximum Gasteiger partial charge on any atom is 0.148 e. The minimum absolute atomic E-state index is 0.213. The Balaban J connectivity index is 2.02. The maximum atomic E-state index is 13.3. The summed E-state index contributed by atoms with van der Waals surface area (Å²) in [7, 11) is 0. The number of nitrogens with zero attached hydrogens (tertiary/aromatic N) is 2. The minimum atomic E-state index is -0.213. The Hall–Kier alpha value is -1.97. The van der Waals surface area contributed by atoms with Gasteiger partial charge >= 0.3 is 0 Å². The van der Waals surface area contributed by atoms with Gasteiger partial charge in [-0.05, 0) is 25.1 Å². The molecule has 82 valence electrons. The van der Waals surface area contributed by atoms with E-state index < -0.39 is 0 Å². The molecule has 0 radical (unpaired) electrons. The summed E-state index contributed by atoms with van der Waals surface area (Å²) in [6.45, 7) is 2.28. The van der Waals surface area contributed by atoms with Crippen molar-refractivity contribution in [2.24, 2.45) is 0 Å². The number of halogens is 1. The van der Waals surface area contributed by atoms with Crippen LogP contribution in [0.15, 0.2) is 36.4 Å². The van der Waals surface area contributed by atoms with Crippen LogP contribution in [0.5, 0.6) is 0 Å². The lowest BCUT2D eigenvalue weighted by atomic mass is 10.2. The van der Waals surface area contributed by atoms with Crippen LogP contribution < -0.4 is 5.32 Å². The minimum Gasteiger partial charge on any atom is -0.364 e. The Bertz CT molecular complexity index is 468. The molecule has 0 aliphatic carbocycles. The summed E-state index contributed by atoms with van der Waals surface area (Å²) in [5.41, 5.74) is 1.47. The normalized spacial score (nSPS) is 10.1. The number of benzene rings is 1. The fraction of sp³-hybridized carbons (Fsp3) is 0.167. The second-order valence-electron chi connectivity index (χ2n) is 3.50. The van der Waals surface area contributed by atoms with Crippen LogP contribution in [0.1, 0.15) is 11.3 Å². The third kappa shape index (κ3) is 2.53. The zero-order valence-corrected chi connectivity index (χ0v) is 8.94. The highest BCUT2D eigenvalue weighted by atomic mass is 19.1. The van der Waals surface area contributed by atoms with Gasteiger partial charge in [0.05, 0.1) is 5.69 Å². The third-order valence-corrected chi connectivity index (χ3v) is 2.22. The zero-order chi connectivity index (χ0) is 11.4. The molecule has 1 heterocycles. The van der Waals surface area contributed by atoms with E-state index in [2.05, 4.69) is 15.5 Å². The Morgan fingerprint density at radius 3 is 2.62 bits per heavy atom. The standard InChI is InChI=1S/C12H12FN3/c1-9-6-7-12(16-15-9)14-8-10-4-2-3-5-11(10)13/h2-7H,8H2,1H3,(H,14,16). The van der Waals surface area contributed by atoms with Crippen LogP contribution in [0.4, 0.5) is 10.2 Å². The smallest absolute Gasteiger partial charge is 0.148 e. The molecule has 0 fully saturated rings. The molecule has 16 heavy (non-hydrogen) atoms. The van der Waals surface area contributed by atoms with Crippen LogP contribution in [0, 0.1) is 12.7 Å². The number of aromatic nitrogens is 2. The fourth-order valence-corrected chi connectivity index (χ4v) is 1.32. The van der Waals surface area contributed by atoms with Gasteiger partial charge in [-0.25, -0.2) is 4.39 Å². The van der Waals surface area contributed by atoms with Crippen LogP contribution in [-0.4, -0.2) is 10.2 Å². The predicted molar refractivity (Wildman–Crippen MR) is 60.5 cm³/mol. The Morgan fingerprint density at radius 2 is 1.94 bits per heavy atom. The molecule has 0 bridgehead atoms. The lowest BCUT2D eigenvalue weighted by molar-refractivity contribution is 0.613. The molecule has 0 saturated heterocycles. The highest BCUT2D eigenvalue weighted by Gasteiger charge is 2.00. The van der Waals surface area contributed by atoms with Crippen LogP contribution >= 0.6 is 0 Å². The molecule has 0 aliphatic heterocycles. The van der Waals surface area contributed by atoms with Gasteiger partial charge in [0.15, 0.2) is 0 Å². The van der Waals surface area contributed by atoms with E-state index in [9.17, 15) is 4.39 Å². The number of nitrogens with one attached hydrogen (secondary N) is 1. The van der Waals surface area contributed by atoms with Crippen molar-refractivity contribution >= 4 is 5.82 Å². The molecule has 1 N–H and O–H groups in total. The lowest BCUT2D eigenvalue weighted by Gasteiger charge is -2.05. The molecule has 0 saturated carbocycles. The molecule has 4 heteroatoms. The monoisotopic (exact) mass is 217 g/mol. The van der Waals surface area contributed by atoms with E-state index in [1.807, 2.05) is 19.1 Å². The Kier molecular flexibility index (Phi) is 3.10. The van der Waals surface area contributed by atoms with Crippen molar-refractivity contribution in [2.75, 3.05) is 5.32 Å². The average molecular weight is 217 g/mol. The number of hydrogen-bond donors (Lipinski definition) is 1. The summed E-state index contributed by atoms with van der Waals surface area (Å²) in [4.78, 5) is 0. The summed E-state index contributed by atoms with van der Waals surface area (Å²) < 4.78 is 13.3. The average Bonchev–Trinajstić information content (AvgIpc) is 2.30. The van der Waals surface area contributed by atoms with Gasteiger partial charge in [-0.3, -0.25) is 0 Å². The van der Waals surface area contributed by atoms with Crippen molar-refractivity contribution in [2.45, 2.75) is 13.5 Å². The van der Waals surface area contributed by atoms with E-state index in [4.69, 9.17) is 0 Å². The second-order valence-corrected chi connectivity index (χ2v) is 3.50. The first kappa shape index (κ1) is 10.5. The van der Waals surface area contributed by atoms with Gasteiger partial charge in [-0.1, -0.05) is 18.2 Å². The number of rotatable bonds is 3. The van der Waals surface area contributed by atoms with Crippen molar-refractivity contribution in [3.63, 3.8) is 0 Å². The first-order valence-corrected chi connectivity index (χ1v) is 5.03. The maximum absolute atomic E-state index is 13.3. The summed E-state index contributed by atoms with van der Waals surface area (Å²) in [6.07, 6.45) is 0. The predicted octanol–water partition coefficient (Wildman–Crippen LogP) is 2.54. The van der Waals surface area contributed by atoms with Crippen molar-refractivity contribution in [1.29, 1.82) is 0 Å². The molecule has 1 aromatic carbocycles. The van der Waals surface area contributed by atoms with Crippen molar-refractivity contribution in [3.05, 3.63) is 53.5 Å². The van der Waals surface area contributed by atoms with E-state index in [1.54, 1.807) is 18.2 Å². The van der Waals surface area contributed by atoms with Gasteiger partial charge < -0.3 is 5.32 Å². The third-order valence-electron chi connectivity index (χ3n) is 2.22. The van der Waals surface area contributed by atoms with Crippen LogP contribution in [0.25, 0.3) is 0 Å². The van der Waals surface area contributed by atoms with Gasteiger partial charge in [-0.15, -0.1) is 5.10 Å². The molecule has 0 aliphatic rings. The van der Waals surface area contributed by atoms with Crippen LogP contribution in [-0.2, 0) is 6.54 Å². The second kappa shape index (κ2) is 4.70. The van der Waals surface area contributed by atoms with E-state index >= 15 is 0 Å². The number of hydrogen-bond acceptors (Lipinski definition) is 3. The first-order chi connectivity index (χ1) is 7.75. The largest absolute Gasteiger partial charge is 0.364 e. The molecule has 0 unspecified atom stereocenters. The van der Waals surface area contributed by atoms with Gasteiger partial charge in [0.2, 0.25) is 0 Å². The van der Waals surface area contributed by atoms with Gasteiger partial charge in [0.1, 0.15) is 11.6 Å². The highest BCUT2D eigenvalue weighted by Crippen LogP contribution is 2.09. The first-order valence-electron chi connectivity index (χ1n) is 5.03. The molecular weight excluding hydrogens is 205 g/mol. The fourth-order valence-electron chi connectivity index (χ4n) is 1.32. The van der Waals surface area contributed by atoms with E-state index in [0.29, 0.717) is 17.9 Å². The molecule has 3 nitrogen and oxygen atoms in total. The van der Waals surface area contributed by atoms with Crippen molar-refractivity contribution in [3.8, 4) is 0 Å². The molecule has 0 spiro atoms. The summed E-state index contributed by atoms with van der Waals surface area (Å²) in [5, 5.41) is 10.9. The zero-order valence-electron chi connectivity index (χ0n) is 8.94. The topological polar surface area (TPSA) is 37.8 Å². The van der Waals surface area contributed by atoms with Crippen LogP contribution in [0.2, 0.25) is 0 Å². The summed E-state index contributed by atoms with van der Waals surface area (Å²) in [5.74, 6) is 0.434. The molecule has 1 aromatic heterocycles. The van der Waals surface area contributed by atoms with Crippen LogP contribution in [0.3, 0.4) is 0 Å². The van der Waals surface area contributed by atoms with E-state index in [-0.39, 0.29) is 5.82 Å². The Morgan fingerprint density at radius 1 is 1.12 bits per heavy atom. The quantitative estimate of drug-likeness (QED) is 0.858. The van der Waals surface area contributed by atoms with E-state index in [1.165, 1.54) is 6.07 Å². The summed E-state index contributed by atoms with van der Waals surface area (Å²) in [6, 6.07) is 10.3. The van der Waals surface area contributed by atoms with Gasteiger partial charge in [0.25, 0.3) is 0 Å². The van der Waals surface area contributed by atoms with Crippen molar-refractivity contribution in [1.82, 2.24) is 10.2 Å². The number of anilines is 1. The Labute approximate surface area is 93.3 Å². The molecule has 2 aromatic rings. The molecular formula is C12H12FN3. The van der Waals surface area contributed by atoms with E-state index in [0.717, 1.165) is 5.69 Å². The number of aryl methyl sites for hydroxylation is 1.